The minimum absolute atomic E-state index is 0.0438. The van der Waals surface area contributed by atoms with E-state index in [4.69, 9.17) is 9.72 Å². The van der Waals surface area contributed by atoms with Crippen molar-refractivity contribution in [1.82, 2.24) is 9.38 Å². The maximum absolute atomic E-state index is 12.9. The molecule has 28 heavy (non-hydrogen) atoms. The topological polar surface area (TPSA) is 55.6 Å². The first kappa shape index (κ1) is 18.5. The Kier molecular flexibility index (Phi) is 5.07. The second kappa shape index (κ2) is 7.66. The Balaban J connectivity index is 1.71. The van der Waals surface area contributed by atoms with Crippen LogP contribution >= 0.6 is 0 Å². The van der Waals surface area contributed by atoms with Crippen LogP contribution in [0, 0.1) is 0 Å². The first-order valence-corrected chi connectivity index (χ1v) is 9.99. The van der Waals surface area contributed by atoms with E-state index < -0.39 is 0 Å². The van der Waals surface area contributed by atoms with Gasteiger partial charge in [0.05, 0.1) is 7.11 Å². The number of pyridine rings is 1. The predicted molar refractivity (Wildman–Crippen MR) is 112 cm³/mol. The molecular weight excluding hydrogens is 350 g/mol. The monoisotopic (exact) mass is 377 g/mol. The van der Waals surface area contributed by atoms with Crippen LogP contribution in [0.5, 0.6) is 5.75 Å². The quantitative estimate of drug-likeness (QED) is 0.676. The standard InChI is InChI=1S/C23H27N3O2/c1-15(2)19-14-25-22-21(17-5-4-6-17)20(11-12-26(22)23(19)27)24-13-16-7-9-18(28-3)10-8-16/h7-12,14-15,17,24H,4-6,13H2,1-3H3. The number of hydrogen-bond acceptors (Lipinski definition) is 4. The highest BCUT2D eigenvalue weighted by Gasteiger charge is 2.26. The number of rotatable bonds is 6. The van der Waals surface area contributed by atoms with Crippen LogP contribution in [-0.2, 0) is 6.54 Å². The fourth-order valence-corrected chi connectivity index (χ4v) is 3.77. The zero-order valence-electron chi connectivity index (χ0n) is 16.7. The van der Waals surface area contributed by atoms with Crippen molar-refractivity contribution in [2.75, 3.05) is 12.4 Å². The highest BCUT2D eigenvalue weighted by atomic mass is 16.5. The third kappa shape index (κ3) is 3.37. The maximum Gasteiger partial charge on any atom is 0.261 e. The van der Waals surface area contributed by atoms with E-state index in [0.717, 1.165) is 35.5 Å². The number of aromatic nitrogens is 2. The second-order valence-electron chi connectivity index (χ2n) is 7.84. The highest BCUT2D eigenvalue weighted by molar-refractivity contribution is 5.66. The van der Waals surface area contributed by atoms with Crippen molar-refractivity contribution in [2.24, 2.45) is 0 Å². The van der Waals surface area contributed by atoms with Crippen molar-refractivity contribution in [3.05, 3.63) is 69.8 Å². The van der Waals surface area contributed by atoms with Gasteiger partial charge < -0.3 is 10.1 Å². The van der Waals surface area contributed by atoms with Gasteiger partial charge in [0.1, 0.15) is 11.4 Å². The van der Waals surface area contributed by atoms with Gasteiger partial charge in [0.25, 0.3) is 5.56 Å². The van der Waals surface area contributed by atoms with E-state index in [1.807, 2.05) is 38.2 Å². The molecule has 1 saturated carbocycles. The molecule has 1 aliphatic rings. The van der Waals surface area contributed by atoms with Crippen LogP contribution in [-0.4, -0.2) is 16.5 Å². The molecule has 0 aliphatic heterocycles. The van der Waals surface area contributed by atoms with Crippen LogP contribution in [0.15, 0.2) is 47.5 Å². The lowest BCUT2D eigenvalue weighted by molar-refractivity contribution is 0.414. The van der Waals surface area contributed by atoms with E-state index >= 15 is 0 Å². The molecule has 1 aliphatic carbocycles. The van der Waals surface area contributed by atoms with E-state index in [1.165, 1.54) is 17.5 Å². The summed E-state index contributed by atoms with van der Waals surface area (Å²) in [5.41, 5.74) is 5.03. The molecule has 0 saturated heterocycles. The lowest BCUT2D eigenvalue weighted by atomic mass is 9.79. The van der Waals surface area contributed by atoms with Crippen LogP contribution < -0.4 is 15.6 Å². The van der Waals surface area contributed by atoms with Crippen molar-refractivity contribution in [3.8, 4) is 5.75 Å². The molecular formula is C23H27N3O2. The lowest BCUT2D eigenvalue weighted by Gasteiger charge is -2.29. The number of benzene rings is 1. The van der Waals surface area contributed by atoms with Gasteiger partial charge in [-0.3, -0.25) is 9.20 Å². The molecule has 1 N–H and O–H groups in total. The molecule has 2 heterocycles. The summed E-state index contributed by atoms with van der Waals surface area (Å²) >= 11 is 0. The van der Waals surface area contributed by atoms with Gasteiger partial charge in [-0.1, -0.05) is 32.4 Å². The second-order valence-corrected chi connectivity index (χ2v) is 7.84. The van der Waals surface area contributed by atoms with Gasteiger partial charge in [0.2, 0.25) is 0 Å². The molecule has 5 nitrogen and oxygen atoms in total. The van der Waals surface area contributed by atoms with E-state index in [9.17, 15) is 4.79 Å². The van der Waals surface area contributed by atoms with Gasteiger partial charge in [-0.05, 0) is 48.4 Å². The number of anilines is 1. The van der Waals surface area contributed by atoms with E-state index in [0.29, 0.717) is 12.5 Å². The summed E-state index contributed by atoms with van der Waals surface area (Å²) in [5.74, 6) is 1.48. The van der Waals surface area contributed by atoms with Crippen LogP contribution in [0.3, 0.4) is 0 Å². The van der Waals surface area contributed by atoms with Crippen LogP contribution in [0.4, 0.5) is 5.69 Å². The number of methoxy groups -OCH3 is 1. The van der Waals surface area contributed by atoms with E-state index in [2.05, 4.69) is 17.4 Å². The van der Waals surface area contributed by atoms with E-state index in [1.54, 1.807) is 17.7 Å². The van der Waals surface area contributed by atoms with Gasteiger partial charge in [-0.15, -0.1) is 0 Å². The Bertz CT molecular complexity index is 1030. The zero-order chi connectivity index (χ0) is 19.7. The van der Waals surface area contributed by atoms with E-state index in [-0.39, 0.29) is 11.5 Å². The molecule has 4 rings (SSSR count). The van der Waals surface area contributed by atoms with Gasteiger partial charge in [-0.2, -0.15) is 0 Å². The van der Waals surface area contributed by atoms with Crippen LogP contribution in [0.25, 0.3) is 5.65 Å². The molecule has 5 heteroatoms. The summed E-state index contributed by atoms with van der Waals surface area (Å²) in [6.07, 6.45) is 7.15. The molecule has 2 aromatic heterocycles. The molecule has 0 unspecified atom stereocenters. The number of hydrogen-bond donors (Lipinski definition) is 1. The lowest BCUT2D eigenvalue weighted by Crippen LogP contribution is -2.23. The number of nitrogens with zero attached hydrogens (tertiary/aromatic N) is 2. The molecule has 1 aromatic carbocycles. The summed E-state index contributed by atoms with van der Waals surface area (Å²) in [7, 11) is 1.67. The Hall–Kier alpha value is -2.82. The summed E-state index contributed by atoms with van der Waals surface area (Å²) in [6, 6.07) is 10.1. The van der Waals surface area contributed by atoms with Gasteiger partial charge in [-0.25, -0.2) is 4.98 Å². The third-order valence-electron chi connectivity index (χ3n) is 5.72. The first-order valence-electron chi connectivity index (χ1n) is 9.99. The molecule has 3 aromatic rings. The maximum atomic E-state index is 12.9. The smallest absolute Gasteiger partial charge is 0.261 e. The average molecular weight is 377 g/mol. The number of nitrogens with one attached hydrogen (secondary N) is 1. The summed E-state index contributed by atoms with van der Waals surface area (Å²) < 4.78 is 6.95. The fraction of sp³-hybridized carbons (Fsp3) is 0.391. The Morgan fingerprint density at radius 1 is 1.21 bits per heavy atom. The normalized spacial score (nSPS) is 14.3. The zero-order valence-corrected chi connectivity index (χ0v) is 16.7. The van der Waals surface area contributed by atoms with Gasteiger partial charge >= 0.3 is 0 Å². The summed E-state index contributed by atoms with van der Waals surface area (Å²) in [6.45, 7) is 4.78. The summed E-state index contributed by atoms with van der Waals surface area (Å²) in [5, 5.41) is 3.57. The predicted octanol–water partition coefficient (Wildman–Crippen LogP) is 4.71. The first-order chi connectivity index (χ1) is 13.6. The molecule has 0 spiro atoms. The number of fused-ring (bicyclic) bond motifs is 1. The molecule has 1 fully saturated rings. The van der Waals surface area contributed by atoms with Crippen molar-refractivity contribution in [1.29, 1.82) is 0 Å². The van der Waals surface area contributed by atoms with Crippen LogP contribution in [0.2, 0.25) is 0 Å². The van der Waals surface area contributed by atoms with Crippen LogP contribution in [0.1, 0.15) is 61.6 Å². The fourth-order valence-electron chi connectivity index (χ4n) is 3.77. The van der Waals surface area contributed by atoms with Crippen molar-refractivity contribution in [3.63, 3.8) is 0 Å². The molecule has 0 bridgehead atoms. The Labute approximate surface area is 165 Å². The summed E-state index contributed by atoms with van der Waals surface area (Å²) in [4.78, 5) is 17.6. The average Bonchev–Trinajstić information content (AvgIpc) is 2.66. The highest BCUT2D eigenvalue weighted by Crippen LogP contribution is 2.41. The van der Waals surface area contributed by atoms with Gasteiger partial charge in [0.15, 0.2) is 0 Å². The Morgan fingerprint density at radius 2 is 1.96 bits per heavy atom. The molecule has 0 atom stereocenters. The molecule has 0 amide bonds. The minimum atomic E-state index is 0.0438. The SMILES string of the molecule is COc1ccc(CNc2ccn3c(=O)c(C(C)C)cnc3c2C2CCC2)cc1. The minimum Gasteiger partial charge on any atom is -0.497 e. The third-order valence-corrected chi connectivity index (χ3v) is 5.72. The largest absolute Gasteiger partial charge is 0.497 e. The molecule has 0 radical (unpaired) electrons. The van der Waals surface area contributed by atoms with Gasteiger partial charge in [0, 0.05) is 35.8 Å². The Morgan fingerprint density at radius 3 is 2.57 bits per heavy atom. The number of ether oxygens (including phenoxy) is 1. The van der Waals surface area contributed by atoms with Crippen molar-refractivity contribution in [2.45, 2.75) is 51.5 Å². The van der Waals surface area contributed by atoms with Crippen molar-refractivity contribution < 1.29 is 4.74 Å². The molecule has 146 valence electrons. The van der Waals surface area contributed by atoms with Crippen molar-refractivity contribution >= 4 is 11.3 Å².